The van der Waals surface area contributed by atoms with Gasteiger partial charge in [-0.2, -0.15) is 0 Å². The van der Waals surface area contributed by atoms with Crippen molar-refractivity contribution in [2.24, 2.45) is 0 Å². The summed E-state index contributed by atoms with van der Waals surface area (Å²) in [5.41, 5.74) is 1.57. The van der Waals surface area contributed by atoms with E-state index in [1.54, 1.807) is 37.3 Å². The molecular formula is C20H15ClFNO3. The van der Waals surface area contributed by atoms with E-state index in [1.807, 2.05) is 0 Å². The zero-order chi connectivity index (χ0) is 18.8. The fraction of sp³-hybridized carbons (Fsp3) is 0.100. The lowest BCUT2D eigenvalue weighted by Crippen LogP contribution is -2.24. The molecule has 0 aromatic heterocycles. The molecule has 6 heteroatoms. The van der Waals surface area contributed by atoms with Gasteiger partial charge in [-0.15, -0.1) is 0 Å². The molecule has 0 saturated heterocycles. The molecule has 0 spiro atoms. The Balaban J connectivity index is 2.17. The molecule has 0 unspecified atom stereocenters. The van der Waals surface area contributed by atoms with Crippen molar-refractivity contribution in [1.29, 1.82) is 0 Å². The molecule has 132 valence electrons. The van der Waals surface area contributed by atoms with Gasteiger partial charge in [0.15, 0.2) is 0 Å². The molecule has 1 aliphatic heterocycles. The van der Waals surface area contributed by atoms with E-state index in [4.69, 9.17) is 16.3 Å². The molecule has 0 N–H and O–H groups in total. The number of rotatable bonds is 3. The van der Waals surface area contributed by atoms with E-state index in [9.17, 15) is 14.0 Å². The Morgan fingerprint density at radius 2 is 1.92 bits per heavy atom. The van der Waals surface area contributed by atoms with Crippen LogP contribution in [-0.2, 0) is 14.3 Å². The number of halogens is 2. The summed E-state index contributed by atoms with van der Waals surface area (Å²) in [5.74, 6) is -1.51. The zero-order valence-electron chi connectivity index (χ0n) is 14.1. The second kappa shape index (κ2) is 7.14. The van der Waals surface area contributed by atoms with Crippen LogP contribution in [0.25, 0.3) is 6.08 Å². The van der Waals surface area contributed by atoms with Crippen LogP contribution in [0.15, 0.2) is 65.4 Å². The number of benzene rings is 2. The third-order valence-corrected chi connectivity index (χ3v) is 4.36. The van der Waals surface area contributed by atoms with E-state index in [1.165, 1.54) is 36.3 Å². The maximum absolute atomic E-state index is 13.5. The molecule has 1 amide bonds. The number of amides is 1. The van der Waals surface area contributed by atoms with Gasteiger partial charge in [-0.05, 0) is 42.8 Å². The third kappa shape index (κ3) is 3.13. The first-order valence-electron chi connectivity index (χ1n) is 7.80. The monoisotopic (exact) mass is 371 g/mol. The van der Waals surface area contributed by atoms with Crippen LogP contribution >= 0.6 is 11.6 Å². The fourth-order valence-corrected chi connectivity index (χ4v) is 3.09. The smallest absolute Gasteiger partial charge is 0.340 e. The third-order valence-electron chi connectivity index (χ3n) is 4.04. The number of hydrogen-bond acceptors (Lipinski definition) is 3. The van der Waals surface area contributed by atoms with Crippen molar-refractivity contribution in [3.63, 3.8) is 0 Å². The van der Waals surface area contributed by atoms with Crippen molar-refractivity contribution in [3.8, 4) is 0 Å². The lowest BCUT2D eigenvalue weighted by molar-refractivity contribution is -0.136. The van der Waals surface area contributed by atoms with E-state index in [0.29, 0.717) is 22.0 Å². The van der Waals surface area contributed by atoms with Crippen molar-refractivity contribution >= 4 is 35.2 Å². The number of anilines is 1. The van der Waals surface area contributed by atoms with Gasteiger partial charge in [0.05, 0.1) is 29.0 Å². The molecule has 2 aromatic carbocycles. The first-order chi connectivity index (χ1) is 12.4. The molecule has 26 heavy (non-hydrogen) atoms. The topological polar surface area (TPSA) is 46.6 Å². The second-order valence-electron chi connectivity index (χ2n) is 5.66. The Labute approximate surface area is 155 Å². The number of nitrogens with zero attached hydrogens (tertiary/aromatic N) is 1. The molecule has 3 rings (SSSR count). The van der Waals surface area contributed by atoms with Crippen LogP contribution in [0.3, 0.4) is 0 Å². The Bertz CT molecular complexity index is 965. The number of methoxy groups -OCH3 is 1. The van der Waals surface area contributed by atoms with Gasteiger partial charge in [-0.1, -0.05) is 35.9 Å². The first-order valence-corrected chi connectivity index (χ1v) is 8.17. The van der Waals surface area contributed by atoms with Gasteiger partial charge >= 0.3 is 5.97 Å². The average molecular weight is 372 g/mol. The predicted molar refractivity (Wildman–Crippen MR) is 98.0 cm³/mol. The fourth-order valence-electron chi connectivity index (χ4n) is 2.87. The highest BCUT2D eigenvalue weighted by Crippen LogP contribution is 2.38. The molecule has 0 aliphatic carbocycles. The number of para-hydroxylation sites is 1. The average Bonchev–Trinajstić information content (AvgIpc) is 2.85. The number of esters is 1. The van der Waals surface area contributed by atoms with Gasteiger partial charge in [0.25, 0.3) is 5.91 Å². The summed E-state index contributed by atoms with van der Waals surface area (Å²) in [6.07, 6.45) is 1.47. The quantitative estimate of drug-likeness (QED) is 0.595. The highest BCUT2D eigenvalue weighted by molar-refractivity contribution is 6.35. The summed E-state index contributed by atoms with van der Waals surface area (Å²) in [6.45, 7) is 1.64. The van der Waals surface area contributed by atoms with Crippen LogP contribution < -0.4 is 4.90 Å². The summed E-state index contributed by atoms with van der Waals surface area (Å²) in [4.78, 5) is 26.7. The van der Waals surface area contributed by atoms with Gasteiger partial charge in [0.1, 0.15) is 5.82 Å². The van der Waals surface area contributed by atoms with Gasteiger partial charge in [0, 0.05) is 5.70 Å². The minimum Gasteiger partial charge on any atom is -0.465 e. The first kappa shape index (κ1) is 17.9. The number of ether oxygens (including phenoxy) is 1. The molecule has 1 aliphatic rings. The van der Waals surface area contributed by atoms with Crippen molar-refractivity contribution < 1.29 is 18.7 Å². The molecule has 0 saturated carbocycles. The Hall–Kier alpha value is -2.92. The molecule has 2 aromatic rings. The van der Waals surface area contributed by atoms with Crippen molar-refractivity contribution in [2.45, 2.75) is 6.92 Å². The minimum atomic E-state index is -0.645. The minimum absolute atomic E-state index is 0.125. The molecule has 0 bridgehead atoms. The number of carbonyl (C=O) groups is 2. The van der Waals surface area contributed by atoms with E-state index in [2.05, 4.69) is 0 Å². The normalized spacial score (nSPS) is 15.8. The van der Waals surface area contributed by atoms with E-state index in [-0.39, 0.29) is 11.1 Å². The molecule has 4 nitrogen and oxygen atoms in total. The van der Waals surface area contributed by atoms with Crippen molar-refractivity contribution in [3.05, 3.63) is 81.8 Å². The Morgan fingerprint density at radius 3 is 2.58 bits per heavy atom. The van der Waals surface area contributed by atoms with Gasteiger partial charge in [0.2, 0.25) is 0 Å². The van der Waals surface area contributed by atoms with E-state index in [0.717, 1.165) is 0 Å². The summed E-state index contributed by atoms with van der Waals surface area (Å²) < 4.78 is 18.3. The van der Waals surface area contributed by atoms with E-state index < -0.39 is 17.7 Å². The lowest BCUT2D eigenvalue weighted by atomic mass is 10.0. The highest BCUT2D eigenvalue weighted by Gasteiger charge is 2.38. The van der Waals surface area contributed by atoms with Crippen LogP contribution in [0, 0.1) is 5.82 Å². The van der Waals surface area contributed by atoms with Crippen molar-refractivity contribution in [2.75, 3.05) is 12.0 Å². The van der Waals surface area contributed by atoms with Crippen molar-refractivity contribution in [1.82, 2.24) is 0 Å². The molecule has 0 fully saturated rings. The van der Waals surface area contributed by atoms with Gasteiger partial charge in [-0.25, -0.2) is 9.18 Å². The van der Waals surface area contributed by atoms with Crippen LogP contribution in [0.4, 0.5) is 10.1 Å². The SMILES string of the molecule is COC(=O)C1=C(C)N(c2ccccc2Cl)C(=O)/C1=C\c1cccc(F)c1. The summed E-state index contributed by atoms with van der Waals surface area (Å²) in [6, 6.07) is 12.6. The van der Waals surface area contributed by atoms with Gasteiger partial charge < -0.3 is 4.74 Å². The summed E-state index contributed by atoms with van der Waals surface area (Å²) in [7, 11) is 1.24. The Kier molecular flexibility index (Phi) is 4.91. The zero-order valence-corrected chi connectivity index (χ0v) is 14.9. The van der Waals surface area contributed by atoms with Crippen LogP contribution in [0.2, 0.25) is 5.02 Å². The van der Waals surface area contributed by atoms with E-state index >= 15 is 0 Å². The maximum atomic E-state index is 13.5. The van der Waals surface area contributed by atoms with Crippen LogP contribution in [0.5, 0.6) is 0 Å². The molecular weight excluding hydrogens is 357 g/mol. The summed E-state index contributed by atoms with van der Waals surface area (Å²) >= 11 is 6.22. The standard InChI is InChI=1S/C20H15ClFNO3/c1-12-18(20(25)26-2)15(11-13-6-5-7-14(22)10-13)19(24)23(12)17-9-4-3-8-16(17)21/h3-11H,1-2H3/b15-11-. The summed E-state index contributed by atoms with van der Waals surface area (Å²) in [5, 5.41) is 0.372. The Morgan fingerprint density at radius 1 is 1.19 bits per heavy atom. The van der Waals surface area contributed by atoms with Crippen LogP contribution in [0.1, 0.15) is 12.5 Å². The molecule has 0 atom stereocenters. The molecule has 1 heterocycles. The predicted octanol–water partition coefficient (Wildman–Crippen LogP) is 4.36. The lowest BCUT2D eigenvalue weighted by Gasteiger charge is -2.19. The highest BCUT2D eigenvalue weighted by atomic mass is 35.5. The number of hydrogen-bond donors (Lipinski definition) is 0. The molecule has 0 radical (unpaired) electrons. The van der Waals surface area contributed by atoms with Crippen LogP contribution in [-0.4, -0.2) is 19.0 Å². The number of allylic oxidation sites excluding steroid dienone is 1. The van der Waals surface area contributed by atoms with Gasteiger partial charge in [-0.3, -0.25) is 9.69 Å². The maximum Gasteiger partial charge on any atom is 0.340 e. The second-order valence-corrected chi connectivity index (χ2v) is 6.06. The largest absolute Gasteiger partial charge is 0.465 e. The number of carbonyl (C=O) groups excluding carboxylic acids is 2.